The van der Waals surface area contributed by atoms with Crippen molar-refractivity contribution in [3.63, 3.8) is 0 Å². The standard InChI is InChI=1S/C26H29N3O3S/c1-20-3-13-26(14-4-20)33(31,32)27-25-11-9-24(10-12-25)23-7-5-22(6-8-23)19-28-15-17-29(18-16-28)21(2)30/h3-14,27H,15-19H2,1-2H3. The summed E-state index contributed by atoms with van der Waals surface area (Å²) < 4.78 is 27.8. The van der Waals surface area contributed by atoms with Crippen LogP contribution in [0.1, 0.15) is 18.1 Å². The number of amides is 1. The maximum absolute atomic E-state index is 12.6. The fraction of sp³-hybridized carbons (Fsp3) is 0.269. The summed E-state index contributed by atoms with van der Waals surface area (Å²) in [5.41, 5.74) is 4.88. The zero-order valence-electron chi connectivity index (χ0n) is 19.0. The number of rotatable bonds is 6. The molecule has 1 N–H and O–H groups in total. The van der Waals surface area contributed by atoms with E-state index in [-0.39, 0.29) is 10.8 Å². The molecule has 0 atom stereocenters. The Hall–Kier alpha value is -3.16. The van der Waals surface area contributed by atoms with E-state index >= 15 is 0 Å². The van der Waals surface area contributed by atoms with Gasteiger partial charge in [-0.05, 0) is 47.9 Å². The Morgan fingerprint density at radius 2 is 1.36 bits per heavy atom. The first-order valence-electron chi connectivity index (χ1n) is 11.1. The van der Waals surface area contributed by atoms with E-state index in [1.165, 1.54) is 5.56 Å². The summed E-state index contributed by atoms with van der Waals surface area (Å²) in [6.45, 7) is 7.76. The molecule has 1 aliphatic rings. The van der Waals surface area contributed by atoms with E-state index < -0.39 is 10.0 Å². The van der Waals surface area contributed by atoms with Gasteiger partial charge in [-0.1, -0.05) is 54.1 Å². The van der Waals surface area contributed by atoms with Crippen LogP contribution >= 0.6 is 0 Å². The maximum atomic E-state index is 12.6. The quantitative estimate of drug-likeness (QED) is 0.597. The Labute approximate surface area is 195 Å². The van der Waals surface area contributed by atoms with Crippen LogP contribution in [0.15, 0.2) is 77.7 Å². The largest absolute Gasteiger partial charge is 0.340 e. The summed E-state index contributed by atoms with van der Waals surface area (Å²) in [7, 11) is -3.61. The molecule has 0 aliphatic carbocycles. The van der Waals surface area contributed by atoms with Crippen LogP contribution in [-0.2, 0) is 21.4 Å². The van der Waals surface area contributed by atoms with Crippen molar-refractivity contribution >= 4 is 21.6 Å². The fourth-order valence-corrected chi connectivity index (χ4v) is 5.00. The first-order valence-corrected chi connectivity index (χ1v) is 12.6. The van der Waals surface area contributed by atoms with Crippen LogP contribution in [0.4, 0.5) is 5.69 Å². The number of hydrogen-bond acceptors (Lipinski definition) is 4. The average Bonchev–Trinajstić information content (AvgIpc) is 2.80. The number of hydrogen-bond donors (Lipinski definition) is 1. The SMILES string of the molecule is CC(=O)N1CCN(Cc2ccc(-c3ccc(NS(=O)(=O)c4ccc(C)cc4)cc3)cc2)CC1. The minimum Gasteiger partial charge on any atom is -0.340 e. The molecule has 7 heteroatoms. The minimum atomic E-state index is -3.61. The summed E-state index contributed by atoms with van der Waals surface area (Å²) in [4.78, 5) is 16.0. The van der Waals surface area contributed by atoms with Crippen molar-refractivity contribution in [2.75, 3.05) is 30.9 Å². The number of benzene rings is 3. The van der Waals surface area contributed by atoms with Crippen molar-refractivity contribution in [2.24, 2.45) is 0 Å². The summed E-state index contributed by atoms with van der Waals surface area (Å²) in [5.74, 6) is 0.146. The Morgan fingerprint density at radius 3 is 1.91 bits per heavy atom. The molecule has 0 aromatic heterocycles. The second-order valence-corrected chi connectivity index (χ2v) is 10.2. The molecule has 1 amide bonds. The summed E-state index contributed by atoms with van der Waals surface area (Å²) in [6, 6.07) is 22.6. The van der Waals surface area contributed by atoms with Gasteiger partial charge in [-0.3, -0.25) is 14.4 Å². The highest BCUT2D eigenvalue weighted by atomic mass is 32.2. The Balaban J connectivity index is 1.37. The van der Waals surface area contributed by atoms with Gasteiger partial charge in [-0.2, -0.15) is 0 Å². The van der Waals surface area contributed by atoms with Gasteiger partial charge in [0.1, 0.15) is 0 Å². The highest BCUT2D eigenvalue weighted by Crippen LogP contribution is 2.24. The minimum absolute atomic E-state index is 0.146. The number of sulfonamides is 1. The molecule has 33 heavy (non-hydrogen) atoms. The van der Waals surface area contributed by atoms with Crippen LogP contribution in [0.5, 0.6) is 0 Å². The molecule has 1 aliphatic heterocycles. The summed E-state index contributed by atoms with van der Waals surface area (Å²) in [6.07, 6.45) is 0. The van der Waals surface area contributed by atoms with Gasteiger partial charge in [-0.25, -0.2) is 8.42 Å². The fourth-order valence-electron chi connectivity index (χ4n) is 3.94. The van der Waals surface area contributed by atoms with Crippen LogP contribution < -0.4 is 4.72 Å². The number of carbonyl (C=O) groups is 1. The lowest BCUT2D eigenvalue weighted by atomic mass is 10.0. The molecule has 0 radical (unpaired) electrons. The van der Waals surface area contributed by atoms with E-state index in [4.69, 9.17) is 0 Å². The van der Waals surface area contributed by atoms with Crippen LogP contribution in [0.25, 0.3) is 11.1 Å². The number of nitrogens with zero attached hydrogens (tertiary/aromatic N) is 2. The van der Waals surface area contributed by atoms with E-state index in [9.17, 15) is 13.2 Å². The predicted molar refractivity (Wildman–Crippen MR) is 131 cm³/mol. The Kier molecular flexibility index (Phi) is 6.81. The lowest BCUT2D eigenvalue weighted by Gasteiger charge is -2.34. The monoisotopic (exact) mass is 463 g/mol. The molecule has 3 aromatic carbocycles. The molecular formula is C26H29N3O3S. The molecule has 0 unspecified atom stereocenters. The Bertz CT molecular complexity index is 1200. The summed E-state index contributed by atoms with van der Waals surface area (Å²) >= 11 is 0. The molecule has 1 saturated heterocycles. The molecule has 0 saturated carbocycles. The van der Waals surface area contributed by atoms with Crippen molar-refractivity contribution in [2.45, 2.75) is 25.3 Å². The van der Waals surface area contributed by atoms with E-state index in [0.717, 1.165) is 49.4 Å². The number of nitrogens with one attached hydrogen (secondary N) is 1. The Morgan fingerprint density at radius 1 is 0.818 bits per heavy atom. The zero-order chi connectivity index (χ0) is 23.4. The lowest BCUT2D eigenvalue weighted by molar-refractivity contribution is -0.130. The molecule has 3 aromatic rings. The molecule has 4 rings (SSSR count). The van der Waals surface area contributed by atoms with Crippen molar-refractivity contribution in [3.05, 3.63) is 83.9 Å². The second-order valence-electron chi connectivity index (χ2n) is 8.48. The van der Waals surface area contributed by atoms with E-state index in [1.54, 1.807) is 43.3 Å². The molecule has 172 valence electrons. The second kappa shape index (κ2) is 9.77. The molecular weight excluding hydrogens is 434 g/mol. The highest BCUT2D eigenvalue weighted by molar-refractivity contribution is 7.92. The average molecular weight is 464 g/mol. The molecule has 0 spiro atoms. The third-order valence-electron chi connectivity index (χ3n) is 5.98. The molecule has 0 bridgehead atoms. The van der Waals surface area contributed by atoms with Crippen LogP contribution in [0.2, 0.25) is 0 Å². The number of anilines is 1. The number of carbonyl (C=O) groups excluding carboxylic acids is 1. The zero-order valence-corrected chi connectivity index (χ0v) is 19.8. The normalized spacial score (nSPS) is 14.8. The van der Waals surface area contributed by atoms with Crippen LogP contribution in [0.3, 0.4) is 0 Å². The van der Waals surface area contributed by atoms with E-state index in [2.05, 4.69) is 33.9 Å². The van der Waals surface area contributed by atoms with Gasteiger partial charge in [0.25, 0.3) is 10.0 Å². The topological polar surface area (TPSA) is 69.7 Å². The van der Waals surface area contributed by atoms with Gasteiger partial charge in [0.2, 0.25) is 5.91 Å². The van der Waals surface area contributed by atoms with Crippen molar-refractivity contribution in [3.8, 4) is 11.1 Å². The van der Waals surface area contributed by atoms with Gasteiger partial charge in [0.05, 0.1) is 4.90 Å². The molecule has 1 fully saturated rings. The first kappa shape index (κ1) is 23.0. The smallest absolute Gasteiger partial charge is 0.261 e. The first-order chi connectivity index (χ1) is 15.8. The maximum Gasteiger partial charge on any atom is 0.261 e. The number of aryl methyl sites for hydroxylation is 1. The van der Waals surface area contributed by atoms with Crippen LogP contribution in [0, 0.1) is 6.92 Å². The van der Waals surface area contributed by atoms with Gasteiger partial charge >= 0.3 is 0 Å². The van der Waals surface area contributed by atoms with Crippen molar-refractivity contribution in [1.29, 1.82) is 0 Å². The molecule has 1 heterocycles. The van der Waals surface area contributed by atoms with Gasteiger partial charge in [-0.15, -0.1) is 0 Å². The lowest BCUT2D eigenvalue weighted by Crippen LogP contribution is -2.47. The predicted octanol–water partition coefficient (Wildman–Crippen LogP) is 4.13. The van der Waals surface area contributed by atoms with Gasteiger partial charge < -0.3 is 4.90 Å². The number of piperazine rings is 1. The highest BCUT2D eigenvalue weighted by Gasteiger charge is 2.18. The summed E-state index contributed by atoms with van der Waals surface area (Å²) in [5, 5.41) is 0. The van der Waals surface area contributed by atoms with E-state index in [1.807, 2.05) is 24.0 Å². The van der Waals surface area contributed by atoms with Crippen molar-refractivity contribution < 1.29 is 13.2 Å². The van der Waals surface area contributed by atoms with Gasteiger partial charge in [0, 0.05) is 45.3 Å². The van der Waals surface area contributed by atoms with Crippen LogP contribution in [-0.4, -0.2) is 50.3 Å². The third kappa shape index (κ3) is 5.80. The van der Waals surface area contributed by atoms with Gasteiger partial charge in [0.15, 0.2) is 0 Å². The molecule has 6 nitrogen and oxygen atoms in total. The van der Waals surface area contributed by atoms with Crippen molar-refractivity contribution in [1.82, 2.24) is 9.80 Å². The van der Waals surface area contributed by atoms with E-state index in [0.29, 0.717) is 5.69 Å². The third-order valence-corrected chi connectivity index (χ3v) is 7.38.